The number of imidazole rings is 1. The molecule has 3 heterocycles. The van der Waals surface area contributed by atoms with Gasteiger partial charge in [-0.25, -0.2) is 13.4 Å². The Kier molecular flexibility index (Phi) is 4.73. The molecule has 0 spiro atoms. The van der Waals surface area contributed by atoms with Gasteiger partial charge in [0.15, 0.2) is 5.03 Å². The molecule has 0 bridgehead atoms. The maximum Gasteiger partial charge on any atom is 0.262 e. The van der Waals surface area contributed by atoms with Crippen molar-refractivity contribution in [3.63, 3.8) is 0 Å². The Balaban J connectivity index is 0.00000147. The van der Waals surface area contributed by atoms with Crippen LogP contribution in [-0.2, 0) is 23.0 Å². The molecule has 2 N–H and O–H groups in total. The monoisotopic (exact) mass is 320 g/mol. The number of hydrogen-bond acceptors (Lipinski definition) is 4. The standard InChI is InChI=1S/C12H20N4O2S.ClH/c13-10-4-3-7-16(8-10)19(17,18)12-9-15-6-2-1-5-11(15)14-12;/h9-10H,1-8,13H2;1H/t10-;/m1./s1. The fourth-order valence-electron chi connectivity index (χ4n) is 2.84. The van der Waals surface area contributed by atoms with E-state index >= 15 is 0 Å². The van der Waals surface area contributed by atoms with Gasteiger partial charge in [0.05, 0.1) is 0 Å². The normalized spacial score (nSPS) is 23.9. The molecule has 6 nitrogen and oxygen atoms in total. The van der Waals surface area contributed by atoms with Gasteiger partial charge in [-0.3, -0.25) is 0 Å². The average Bonchev–Trinajstić information content (AvgIpc) is 2.83. The molecule has 0 aromatic carbocycles. The molecule has 3 rings (SSSR count). The summed E-state index contributed by atoms with van der Waals surface area (Å²) in [5.74, 6) is 0.895. The van der Waals surface area contributed by atoms with Crippen molar-refractivity contribution in [2.24, 2.45) is 5.73 Å². The molecular weight excluding hydrogens is 300 g/mol. The van der Waals surface area contributed by atoms with Gasteiger partial charge in [-0.05, 0) is 25.7 Å². The largest absolute Gasteiger partial charge is 0.333 e. The van der Waals surface area contributed by atoms with E-state index in [4.69, 9.17) is 5.73 Å². The van der Waals surface area contributed by atoms with Crippen LogP contribution in [0.5, 0.6) is 0 Å². The number of aromatic nitrogens is 2. The maximum absolute atomic E-state index is 12.5. The van der Waals surface area contributed by atoms with Gasteiger partial charge in [0.2, 0.25) is 0 Å². The van der Waals surface area contributed by atoms with Crippen molar-refractivity contribution in [1.29, 1.82) is 0 Å². The van der Waals surface area contributed by atoms with Gasteiger partial charge in [0.25, 0.3) is 10.0 Å². The Bertz CT molecular complexity index is 549. The predicted octanol–water partition coefficient (Wildman–Crippen LogP) is 0.753. The Labute approximate surface area is 125 Å². The minimum atomic E-state index is -3.47. The molecule has 8 heteroatoms. The molecule has 1 saturated heterocycles. The number of nitrogens with two attached hydrogens (primary N) is 1. The van der Waals surface area contributed by atoms with E-state index in [2.05, 4.69) is 4.98 Å². The second-order valence-electron chi connectivity index (χ2n) is 5.41. The molecule has 20 heavy (non-hydrogen) atoms. The molecule has 1 aromatic rings. The zero-order valence-corrected chi connectivity index (χ0v) is 13.0. The zero-order valence-electron chi connectivity index (χ0n) is 11.4. The van der Waals surface area contributed by atoms with Crippen LogP contribution in [0.25, 0.3) is 0 Å². The van der Waals surface area contributed by atoms with E-state index in [9.17, 15) is 8.42 Å². The lowest BCUT2D eigenvalue weighted by molar-refractivity contribution is 0.315. The summed E-state index contributed by atoms with van der Waals surface area (Å²) in [6.07, 6.45) is 6.46. The number of piperidine rings is 1. The highest BCUT2D eigenvalue weighted by molar-refractivity contribution is 7.89. The first-order chi connectivity index (χ1) is 9.07. The van der Waals surface area contributed by atoms with Crippen molar-refractivity contribution < 1.29 is 8.42 Å². The molecule has 0 radical (unpaired) electrons. The molecule has 1 atom stereocenters. The quantitative estimate of drug-likeness (QED) is 0.872. The third-order valence-corrected chi connectivity index (χ3v) is 5.65. The second-order valence-corrected chi connectivity index (χ2v) is 7.30. The van der Waals surface area contributed by atoms with Gasteiger partial charge in [0.1, 0.15) is 5.82 Å². The molecule has 2 aliphatic heterocycles. The topological polar surface area (TPSA) is 81.2 Å². The lowest BCUT2D eigenvalue weighted by atomic mass is 10.1. The Morgan fingerprint density at radius 3 is 2.75 bits per heavy atom. The number of rotatable bonds is 2. The highest BCUT2D eigenvalue weighted by Gasteiger charge is 2.31. The zero-order chi connectivity index (χ0) is 13.5. The molecule has 1 aromatic heterocycles. The van der Waals surface area contributed by atoms with E-state index in [0.717, 1.165) is 44.5 Å². The van der Waals surface area contributed by atoms with Crippen LogP contribution in [0.1, 0.15) is 31.5 Å². The third kappa shape index (κ3) is 2.86. The molecule has 2 aliphatic rings. The van der Waals surface area contributed by atoms with Crippen molar-refractivity contribution in [1.82, 2.24) is 13.9 Å². The summed E-state index contributed by atoms with van der Waals surface area (Å²) < 4.78 is 28.5. The first kappa shape index (κ1) is 15.8. The van der Waals surface area contributed by atoms with Crippen LogP contribution in [0.4, 0.5) is 0 Å². The van der Waals surface area contributed by atoms with Crippen molar-refractivity contribution in [2.45, 2.75) is 49.7 Å². The van der Waals surface area contributed by atoms with E-state index in [1.165, 1.54) is 4.31 Å². The SMILES string of the molecule is Cl.N[C@@H]1CCCN(S(=O)(=O)c2cn3c(n2)CCCC3)C1. The lowest BCUT2D eigenvalue weighted by Crippen LogP contribution is -2.45. The van der Waals surface area contributed by atoms with Crippen LogP contribution in [0.15, 0.2) is 11.2 Å². The summed E-state index contributed by atoms with van der Waals surface area (Å²) in [5.41, 5.74) is 5.87. The fourth-order valence-corrected chi connectivity index (χ4v) is 4.34. The smallest absolute Gasteiger partial charge is 0.262 e. The summed E-state index contributed by atoms with van der Waals surface area (Å²) in [5, 5.41) is 0.193. The van der Waals surface area contributed by atoms with Gasteiger partial charge >= 0.3 is 0 Å². The van der Waals surface area contributed by atoms with Crippen LogP contribution in [0.3, 0.4) is 0 Å². The summed E-state index contributed by atoms with van der Waals surface area (Å²) in [7, 11) is -3.47. The van der Waals surface area contributed by atoms with E-state index in [1.807, 2.05) is 4.57 Å². The van der Waals surface area contributed by atoms with Crippen LogP contribution >= 0.6 is 12.4 Å². The summed E-state index contributed by atoms with van der Waals surface area (Å²) in [6, 6.07) is -0.0548. The fraction of sp³-hybridized carbons (Fsp3) is 0.750. The number of aryl methyl sites for hydroxylation is 2. The van der Waals surface area contributed by atoms with E-state index in [1.54, 1.807) is 6.20 Å². The van der Waals surface area contributed by atoms with Gasteiger partial charge in [-0.1, -0.05) is 0 Å². The lowest BCUT2D eigenvalue weighted by Gasteiger charge is -2.29. The number of hydrogen-bond donors (Lipinski definition) is 1. The first-order valence-corrected chi connectivity index (χ1v) is 8.33. The molecule has 0 saturated carbocycles. The summed E-state index contributed by atoms with van der Waals surface area (Å²) in [4.78, 5) is 4.32. The molecule has 0 amide bonds. The predicted molar refractivity (Wildman–Crippen MR) is 78.4 cm³/mol. The Morgan fingerprint density at radius 1 is 1.25 bits per heavy atom. The van der Waals surface area contributed by atoms with Crippen LogP contribution in [0, 0.1) is 0 Å². The van der Waals surface area contributed by atoms with Crippen molar-refractivity contribution in [3.05, 3.63) is 12.0 Å². The number of nitrogens with zero attached hydrogens (tertiary/aromatic N) is 3. The number of fused-ring (bicyclic) bond motifs is 1. The maximum atomic E-state index is 12.5. The highest BCUT2D eigenvalue weighted by atomic mass is 35.5. The summed E-state index contributed by atoms with van der Waals surface area (Å²) in [6.45, 7) is 1.83. The van der Waals surface area contributed by atoms with Crippen molar-refractivity contribution in [2.75, 3.05) is 13.1 Å². The van der Waals surface area contributed by atoms with E-state index < -0.39 is 10.0 Å². The van der Waals surface area contributed by atoms with Crippen molar-refractivity contribution >= 4 is 22.4 Å². The van der Waals surface area contributed by atoms with Crippen molar-refractivity contribution in [3.8, 4) is 0 Å². The van der Waals surface area contributed by atoms with E-state index in [-0.39, 0.29) is 23.5 Å². The molecule has 114 valence electrons. The molecular formula is C12H21ClN4O2S. The van der Waals surface area contributed by atoms with Crippen LogP contribution in [-0.4, -0.2) is 41.4 Å². The summed E-state index contributed by atoms with van der Waals surface area (Å²) >= 11 is 0. The minimum Gasteiger partial charge on any atom is -0.333 e. The van der Waals surface area contributed by atoms with Gasteiger partial charge in [-0.2, -0.15) is 4.31 Å². The third-order valence-electron chi connectivity index (χ3n) is 3.91. The first-order valence-electron chi connectivity index (χ1n) is 6.89. The number of halogens is 1. The minimum absolute atomic E-state index is 0. The van der Waals surface area contributed by atoms with Crippen LogP contribution in [0.2, 0.25) is 0 Å². The van der Waals surface area contributed by atoms with E-state index in [0.29, 0.717) is 13.1 Å². The van der Waals surface area contributed by atoms with Crippen LogP contribution < -0.4 is 5.73 Å². The highest BCUT2D eigenvalue weighted by Crippen LogP contribution is 2.22. The molecule has 0 aliphatic carbocycles. The Hall–Kier alpha value is -0.630. The Morgan fingerprint density at radius 2 is 2.05 bits per heavy atom. The van der Waals surface area contributed by atoms with Gasteiger partial charge in [0, 0.05) is 38.3 Å². The molecule has 0 unspecified atom stereocenters. The number of sulfonamides is 1. The van der Waals surface area contributed by atoms with Gasteiger partial charge in [-0.15, -0.1) is 12.4 Å². The average molecular weight is 321 g/mol. The molecule has 1 fully saturated rings. The van der Waals surface area contributed by atoms with Gasteiger partial charge < -0.3 is 10.3 Å². The second kappa shape index (κ2) is 6.01.